The summed E-state index contributed by atoms with van der Waals surface area (Å²) in [7, 11) is 0. The van der Waals surface area contributed by atoms with Gasteiger partial charge in [-0.25, -0.2) is 23.6 Å². The summed E-state index contributed by atoms with van der Waals surface area (Å²) in [6.07, 6.45) is 11.5. The summed E-state index contributed by atoms with van der Waals surface area (Å²) in [6.45, 7) is 2.17. The Morgan fingerprint density at radius 1 is 1.02 bits per heavy atom. The van der Waals surface area contributed by atoms with E-state index < -0.39 is 5.63 Å². The Hall–Kier alpha value is -4.63. The van der Waals surface area contributed by atoms with Gasteiger partial charge in [0.05, 0.1) is 22.2 Å². The van der Waals surface area contributed by atoms with Crippen LogP contribution in [0.25, 0.3) is 27.5 Å². The molecule has 3 aromatic carbocycles. The highest BCUT2D eigenvalue weighted by Gasteiger charge is 2.43. The Kier molecular flexibility index (Phi) is 8.73. The van der Waals surface area contributed by atoms with E-state index in [9.17, 15) is 18.7 Å². The molecule has 2 aromatic heterocycles. The van der Waals surface area contributed by atoms with E-state index in [1.165, 1.54) is 41.7 Å². The number of hydrogen-bond donors (Lipinski definition) is 1. The molecule has 3 heterocycles. The molecule has 6 nitrogen and oxygen atoms in total. The van der Waals surface area contributed by atoms with Gasteiger partial charge in [-0.1, -0.05) is 61.8 Å². The van der Waals surface area contributed by atoms with Crippen molar-refractivity contribution in [2.75, 3.05) is 5.01 Å². The molecule has 7 rings (SSSR count). The van der Waals surface area contributed by atoms with Crippen molar-refractivity contribution in [1.29, 1.82) is 0 Å². The standard InChI is InChI=1S/C38H35F2N3O3S/c1-2-3-4-5-7-25-19-27-20-31(37(45)46-33(27)21-32(25)44)34-22-41-38(47-34)43-36(24-12-16-29(40)17-13-24)30-9-6-8-26(35(30)42-43)18-23-10-14-28(39)15-11-23/h10-22,30,36,44H,2-9H2,1H3/b26-18+. The molecule has 0 saturated heterocycles. The third-order valence-electron chi connectivity index (χ3n) is 9.11. The number of anilines is 1. The molecule has 1 aliphatic heterocycles. The fourth-order valence-electron chi connectivity index (χ4n) is 6.72. The molecule has 1 aliphatic carbocycles. The van der Waals surface area contributed by atoms with E-state index in [2.05, 4.69) is 13.0 Å². The molecule has 0 bridgehead atoms. The van der Waals surface area contributed by atoms with E-state index in [-0.39, 0.29) is 29.3 Å². The van der Waals surface area contributed by atoms with Crippen LogP contribution in [0.5, 0.6) is 5.75 Å². The topological polar surface area (TPSA) is 78.9 Å². The van der Waals surface area contributed by atoms with Crippen LogP contribution < -0.4 is 10.6 Å². The fraction of sp³-hybridized carbons (Fsp3) is 0.289. The first-order chi connectivity index (χ1) is 22.9. The highest BCUT2D eigenvalue weighted by atomic mass is 32.1. The number of thiazole rings is 1. The summed E-state index contributed by atoms with van der Waals surface area (Å²) in [5.41, 5.74) is 4.91. The lowest BCUT2D eigenvalue weighted by Crippen LogP contribution is -2.28. The van der Waals surface area contributed by atoms with Crippen molar-refractivity contribution in [2.24, 2.45) is 11.0 Å². The molecule has 2 unspecified atom stereocenters. The number of nitrogens with zero attached hydrogens (tertiary/aromatic N) is 3. The number of rotatable bonds is 9. The number of hydrogen-bond acceptors (Lipinski definition) is 7. The molecular weight excluding hydrogens is 616 g/mol. The van der Waals surface area contributed by atoms with Crippen molar-refractivity contribution in [1.82, 2.24) is 4.98 Å². The first-order valence-corrected chi connectivity index (χ1v) is 17.0. The van der Waals surface area contributed by atoms with Crippen molar-refractivity contribution in [3.05, 3.63) is 117 Å². The van der Waals surface area contributed by atoms with Crippen molar-refractivity contribution in [3.8, 4) is 16.2 Å². The van der Waals surface area contributed by atoms with Gasteiger partial charge >= 0.3 is 5.63 Å². The Bertz CT molecular complexity index is 2030. The number of fused-ring (bicyclic) bond motifs is 2. The zero-order valence-corrected chi connectivity index (χ0v) is 26.9. The summed E-state index contributed by atoms with van der Waals surface area (Å²) in [4.78, 5) is 18.6. The lowest BCUT2D eigenvalue weighted by molar-refractivity contribution is 0.464. The van der Waals surface area contributed by atoms with Crippen LogP contribution in [0, 0.1) is 17.6 Å². The number of benzene rings is 3. The smallest absolute Gasteiger partial charge is 0.345 e. The van der Waals surface area contributed by atoms with Crippen LogP contribution in [-0.4, -0.2) is 15.8 Å². The second kappa shape index (κ2) is 13.2. The minimum Gasteiger partial charge on any atom is -0.508 e. The molecule has 2 atom stereocenters. The molecule has 2 aliphatic rings. The number of phenolic OH excluding ortho intramolecular Hbond substituents is 1. The van der Waals surface area contributed by atoms with Crippen LogP contribution in [0.2, 0.25) is 0 Å². The normalized spacial score (nSPS) is 18.6. The number of halogens is 2. The number of aromatic hydroxyl groups is 1. The Balaban J connectivity index is 1.25. The fourth-order valence-corrected chi connectivity index (χ4v) is 7.63. The predicted molar refractivity (Wildman–Crippen MR) is 184 cm³/mol. The quantitative estimate of drug-likeness (QED) is 0.127. The van der Waals surface area contributed by atoms with Gasteiger partial charge in [0, 0.05) is 23.6 Å². The predicted octanol–water partition coefficient (Wildman–Crippen LogP) is 9.82. The number of phenols is 1. The van der Waals surface area contributed by atoms with Gasteiger partial charge in [0.15, 0.2) is 0 Å². The average molecular weight is 652 g/mol. The van der Waals surface area contributed by atoms with Crippen molar-refractivity contribution in [3.63, 3.8) is 0 Å². The second-order valence-electron chi connectivity index (χ2n) is 12.3. The molecule has 0 spiro atoms. The zero-order valence-electron chi connectivity index (χ0n) is 26.1. The average Bonchev–Trinajstić information content (AvgIpc) is 3.71. The molecule has 0 radical (unpaired) electrons. The van der Waals surface area contributed by atoms with E-state index in [1.807, 2.05) is 17.1 Å². The van der Waals surface area contributed by atoms with Crippen molar-refractivity contribution >= 4 is 39.2 Å². The van der Waals surface area contributed by atoms with E-state index in [4.69, 9.17) is 14.5 Å². The van der Waals surface area contributed by atoms with Crippen LogP contribution in [0.15, 0.2) is 92.8 Å². The number of aromatic nitrogens is 1. The molecule has 5 aromatic rings. The number of aryl methyl sites for hydroxylation is 1. The third kappa shape index (κ3) is 6.37. The van der Waals surface area contributed by atoms with E-state index in [1.54, 1.807) is 30.5 Å². The van der Waals surface area contributed by atoms with Gasteiger partial charge < -0.3 is 9.52 Å². The van der Waals surface area contributed by atoms with E-state index >= 15 is 0 Å². The van der Waals surface area contributed by atoms with E-state index in [0.29, 0.717) is 21.2 Å². The van der Waals surface area contributed by atoms with Crippen LogP contribution in [0.4, 0.5) is 13.9 Å². The highest BCUT2D eigenvalue weighted by molar-refractivity contribution is 7.18. The lowest BCUT2D eigenvalue weighted by atomic mass is 9.77. The molecule has 1 fully saturated rings. The summed E-state index contributed by atoms with van der Waals surface area (Å²) < 4.78 is 33.3. The maximum absolute atomic E-state index is 14.0. The van der Waals surface area contributed by atoms with Crippen molar-refractivity contribution < 1.29 is 18.3 Å². The molecule has 9 heteroatoms. The molecule has 1 N–H and O–H groups in total. The Labute approximate surface area is 275 Å². The van der Waals surface area contributed by atoms with Gasteiger partial charge in [0.2, 0.25) is 5.13 Å². The van der Waals surface area contributed by atoms with Gasteiger partial charge in [-0.05, 0) is 96.8 Å². The summed E-state index contributed by atoms with van der Waals surface area (Å²) in [5.74, 6) is -0.408. The zero-order chi connectivity index (χ0) is 32.5. The van der Waals surface area contributed by atoms with Gasteiger partial charge in [0.25, 0.3) is 0 Å². The maximum Gasteiger partial charge on any atom is 0.345 e. The van der Waals surface area contributed by atoms with Crippen LogP contribution in [0.3, 0.4) is 0 Å². The second-order valence-corrected chi connectivity index (χ2v) is 13.3. The third-order valence-corrected chi connectivity index (χ3v) is 10.1. The monoisotopic (exact) mass is 651 g/mol. The molecule has 1 saturated carbocycles. The van der Waals surface area contributed by atoms with Gasteiger partial charge in [0.1, 0.15) is 23.0 Å². The minimum atomic E-state index is -0.510. The SMILES string of the molecule is CCCCCCc1cc2cc(-c3cnc(N4N=C5/C(=C/c6ccc(F)cc6)CCCC5C4c4ccc(F)cc4)s3)c(=O)oc2cc1O. The van der Waals surface area contributed by atoms with Crippen LogP contribution in [0.1, 0.15) is 74.6 Å². The first-order valence-electron chi connectivity index (χ1n) is 16.2. The summed E-state index contributed by atoms with van der Waals surface area (Å²) in [6, 6.07) is 18.0. The van der Waals surface area contributed by atoms with Crippen LogP contribution >= 0.6 is 11.3 Å². The molecular formula is C38H35F2N3O3S. The number of hydrazone groups is 1. The number of allylic oxidation sites excluding steroid dienone is 1. The van der Waals surface area contributed by atoms with Gasteiger partial charge in [-0.2, -0.15) is 5.10 Å². The maximum atomic E-state index is 14.0. The number of unbranched alkanes of at least 4 members (excludes halogenated alkanes) is 3. The van der Waals surface area contributed by atoms with Gasteiger partial charge in [-0.15, -0.1) is 0 Å². The summed E-state index contributed by atoms with van der Waals surface area (Å²) >= 11 is 1.35. The Morgan fingerprint density at radius 3 is 2.55 bits per heavy atom. The van der Waals surface area contributed by atoms with Crippen molar-refractivity contribution in [2.45, 2.75) is 64.3 Å². The molecule has 0 amide bonds. The first kappa shape index (κ1) is 31.0. The summed E-state index contributed by atoms with van der Waals surface area (Å²) in [5, 5.41) is 19.0. The minimum absolute atomic E-state index is 0.0439. The van der Waals surface area contributed by atoms with Crippen LogP contribution in [-0.2, 0) is 6.42 Å². The molecule has 240 valence electrons. The molecule has 47 heavy (non-hydrogen) atoms. The largest absolute Gasteiger partial charge is 0.508 e. The van der Waals surface area contributed by atoms with E-state index in [0.717, 1.165) is 84.7 Å². The lowest BCUT2D eigenvalue weighted by Gasteiger charge is -2.29. The van der Waals surface area contributed by atoms with Gasteiger partial charge in [-0.3, -0.25) is 0 Å². The Morgan fingerprint density at radius 2 is 1.79 bits per heavy atom. The highest BCUT2D eigenvalue weighted by Crippen LogP contribution is 2.47.